The largest absolute Gasteiger partial charge is 0.388 e. The number of nitrogens with zero attached hydrogens (tertiary/aromatic N) is 1. The third kappa shape index (κ3) is 6.13. The van der Waals surface area contributed by atoms with Gasteiger partial charge >= 0.3 is 0 Å². The summed E-state index contributed by atoms with van der Waals surface area (Å²) in [7, 11) is 1.63. The molecule has 0 amide bonds. The number of hydrogen-bond acceptors (Lipinski definition) is 3. The minimum atomic E-state index is -0.228. The van der Waals surface area contributed by atoms with Crippen LogP contribution in [0.25, 0.3) is 0 Å². The first kappa shape index (κ1) is 16.1. The van der Waals surface area contributed by atoms with Crippen LogP contribution in [0.4, 0.5) is 4.39 Å². The maximum absolute atomic E-state index is 13.7. The molecule has 0 unspecified atom stereocenters. The Balaban J connectivity index is 2.68. The molecular weight excluding hydrogens is 313 g/mol. The second-order valence-corrected chi connectivity index (χ2v) is 5.20. The zero-order valence-electron chi connectivity index (χ0n) is 11.0. The molecule has 1 rings (SSSR count). The lowest BCUT2D eigenvalue weighted by molar-refractivity contribution is 0.145. The SMILES string of the molecule is COCCN(CCC(=N)N)Cc1cc(Br)ccc1F. The Morgan fingerprint density at radius 1 is 1.47 bits per heavy atom. The highest BCUT2D eigenvalue weighted by molar-refractivity contribution is 9.10. The molecule has 0 fully saturated rings. The van der Waals surface area contributed by atoms with Gasteiger partial charge in [-0.25, -0.2) is 4.39 Å². The van der Waals surface area contributed by atoms with Crippen molar-refractivity contribution < 1.29 is 9.13 Å². The number of nitrogens with one attached hydrogen (secondary N) is 1. The van der Waals surface area contributed by atoms with E-state index in [9.17, 15) is 4.39 Å². The molecule has 0 atom stereocenters. The van der Waals surface area contributed by atoms with Crippen molar-refractivity contribution in [3.63, 3.8) is 0 Å². The number of halogens is 2. The minimum absolute atomic E-state index is 0.136. The topological polar surface area (TPSA) is 62.3 Å². The molecule has 1 aromatic carbocycles. The number of ether oxygens (including phenoxy) is 1. The van der Waals surface area contributed by atoms with Crippen LogP contribution >= 0.6 is 15.9 Å². The smallest absolute Gasteiger partial charge is 0.127 e. The van der Waals surface area contributed by atoms with Gasteiger partial charge in [0.05, 0.1) is 12.4 Å². The van der Waals surface area contributed by atoms with Gasteiger partial charge in [-0.15, -0.1) is 0 Å². The van der Waals surface area contributed by atoms with Gasteiger partial charge in [0.25, 0.3) is 0 Å². The van der Waals surface area contributed by atoms with Gasteiger partial charge < -0.3 is 10.5 Å². The van der Waals surface area contributed by atoms with Gasteiger partial charge in [-0.1, -0.05) is 15.9 Å². The molecule has 0 saturated heterocycles. The van der Waals surface area contributed by atoms with Gasteiger partial charge in [0.2, 0.25) is 0 Å². The summed E-state index contributed by atoms with van der Waals surface area (Å²) in [5.41, 5.74) is 5.98. The zero-order chi connectivity index (χ0) is 14.3. The molecule has 6 heteroatoms. The van der Waals surface area contributed by atoms with Gasteiger partial charge in [-0.05, 0) is 18.2 Å². The molecule has 0 radical (unpaired) electrons. The molecule has 0 aromatic heterocycles. The number of benzene rings is 1. The van der Waals surface area contributed by atoms with Gasteiger partial charge in [0, 0.05) is 43.2 Å². The number of rotatable bonds is 8. The van der Waals surface area contributed by atoms with Crippen molar-refractivity contribution in [3.05, 3.63) is 34.1 Å². The first-order valence-electron chi connectivity index (χ1n) is 6.01. The van der Waals surface area contributed by atoms with E-state index in [1.807, 2.05) is 4.90 Å². The normalized spacial score (nSPS) is 10.9. The number of methoxy groups -OCH3 is 1. The first-order valence-corrected chi connectivity index (χ1v) is 6.80. The number of nitrogens with two attached hydrogens (primary N) is 1. The van der Waals surface area contributed by atoms with Gasteiger partial charge in [0.15, 0.2) is 0 Å². The lowest BCUT2D eigenvalue weighted by Gasteiger charge is -2.22. The highest BCUT2D eigenvalue weighted by atomic mass is 79.9. The van der Waals surface area contributed by atoms with Gasteiger partial charge in [-0.2, -0.15) is 0 Å². The van der Waals surface area contributed by atoms with Crippen molar-refractivity contribution in [1.82, 2.24) is 4.90 Å². The Hall–Kier alpha value is -0.980. The summed E-state index contributed by atoms with van der Waals surface area (Å²) in [4.78, 5) is 2.02. The maximum Gasteiger partial charge on any atom is 0.127 e. The van der Waals surface area contributed by atoms with Crippen molar-refractivity contribution in [2.45, 2.75) is 13.0 Å². The van der Waals surface area contributed by atoms with Crippen LogP contribution in [0.1, 0.15) is 12.0 Å². The predicted molar refractivity (Wildman–Crippen MR) is 77.8 cm³/mol. The van der Waals surface area contributed by atoms with E-state index >= 15 is 0 Å². The average molecular weight is 332 g/mol. The van der Waals surface area contributed by atoms with E-state index in [0.29, 0.717) is 38.2 Å². The summed E-state index contributed by atoms with van der Waals surface area (Å²) >= 11 is 3.34. The van der Waals surface area contributed by atoms with E-state index in [1.54, 1.807) is 19.2 Å². The van der Waals surface area contributed by atoms with Crippen LogP contribution in [0.5, 0.6) is 0 Å². The standard InChI is InChI=1S/C13H19BrFN3O/c1-19-7-6-18(5-4-13(16)17)9-10-8-11(14)2-3-12(10)15/h2-3,8H,4-7,9H2,1H3,(H3,16,17). The van der Waals surface area contributed by atoms with Crippen molar-refractivity contribution in [2.75, 3.05) is 26.8 Å². The summed E-state index contributed by atoms with van der Waals surface area (Å²) in [6.45, 7) is 2.33. The third-order valence-electron chi connectivity index (χ3n) is 2.71. The van der Waals surface area contributed by atoms with Gasteiger partial charge in [0.1, 0.15) is 5.82 Å². The Morgan fingerprint density at radius 2 is 2.21 bits per heavy atom. The van der Waals surface area contributed by atoms with E-state index in [0.717, 1.165) is 4.47 Å². The molecule has 1 aromatic rings. The summed E-state index contributed by atoms with van der Waals surface area (Å²) in [5, 5.41) is 7.26. The second kappa shape index (κ2) is 8.24. The summed E-state index contributed by atoms with van der Waals surface area (Å²) in [5.74, 6) is -0.0921. The van der Waals surface area contributed by atoms with Crippen molar-refractivity contribution in [3.8, 4) is 0 Å². The van der Waals surface area contributed by atoms with Crippen LogP contribution in [0.3, 0.4) is 0 Å². The quantitative estimate of drug-likeness (QED) is 0.567. The fourth-order valence-electron chi connectivity index (χ4n) is 1.67. The van der Waals surface area contributed by atoms with Crippen LogP contribution in [-0.2, 0) is 11.3 Å². The Kier molecular flexibility index (Phi) is 6.97. The molecule has 0 saturated carbocycles. The first-order chi connectivity index (χ1) is 9.02. The van der Waals surface area contributed by atoms with E-state index in [1.165, 1.54) is 6.07 Å². The van der Waals surface area contributed by atoms with Crippen LogP contribution in [-0.4, -0.2) is 37.5 Å². The van der Waals surface area contributed by atoms with Crippen LogP contribution in [0.15, 0.2) is 22.7 Å². The average Bonchev–Trinajstić information content (AvgIpc) is 2.36. The molecule has 0 aliphatic rings. The molecule has 0 aliphatic carbocycles. The predicted octanol–water partition coefficient (Wildman–Crippen LogP) is 2.36. The van der Waals surface area contributed by atoms with Crippen LogP contribution in [0, 0.1) is 11.2 Å². The Morgan fingerprint density at radius 3 is 2.84 bits per heavy atom. The lowest BCUT2D eigenvalue weighted by atomic mass is 10.2. The summed E-state index contributed by atoms with van der Waals surface area (Å²) < 4.78 is 19.6. The molecule has 106 valence electrons. The molecule has 0 bridgehead atoms. The lowest BCUT2D eigenvalue weighted by Crippen LogP contribution is -2.31. The van der Waals surface area contributed by atoms with Crippen molar-refractivity contribution in [2.24, 2.45) is 5.73 Å². The van der Waals surface area contributed by atoms with Gasteiger partial charge in [-0.3, -0.25) is 10.3 Å². The molecule has 0 aliphatic heterocycles. The highest BCUT2D eigenvalue weighted by Gasteiger charge is 2.10. The minimum Gasteiger partial charge on any atom is -0.388 e. The maximum atomic E-state index is 13.7. The van der Waals surface area contributed by atoms with Crippen molar-refractivity contribution in [1.29, 1.82) is 5.41 Å². The monoisotopic (exact) mass is 331 g/mol. The third-order valence-corrected chi connectivity index (χ3v) is 3.20. The fraction of sp³-hybridized carbons (Fsp3) is 0.462. The number of amidine groups is 1. The molecule has 3 N–H and O–H groups in total. The van der Waals surface area contributed by atoms with Crippen LogP contribution in [0.2, 0.25) is 0 Å². The summed E-state index contributed by atoms with van der Waals surface area (Å²) in [6.07, 6.45) is 0.472. The second-order valence-electron chi connectivity index (χ2n) is 4.28. The van der Waals surface area contributed by atoms with Crippen molar-refractivity contribution >= 4 is 21.8 Å². The Bertz CT molecular complexity index is 428. The van der Waals surface area contributed by atoms with E-state index in [4.69, 9.17) is 15.9 Å². The Labute approximate surface area is 121 Å². The van der Waals surface area contributed by atoms with E-state index < -0.39 is 0 Å². The highest BCUT2D eigenvalue weighted by Crippen LogP contribution is 2.17. The molecular formula is C13H19BrFN3O. The fourth-order valence-corrected chi connectivity index (χ4v) is 2.08. The molecule has 0 heterocycles. The van der Waals surface area contributed by atoms with Crippen LogP contribution < -0.4 is 5.73 Å². The molecule has 0 spiro atoms. The molecule has 4 nitrogen and oxygen atoms in total. The number of hydrogen-bond donors (Lipinski definition) is 2. The summed E-state index contributed by atoms with van der Waals surface area (Å²) in [6, 6.07) is 4.88. The van der Waals surface area contributed by atoms with E-state index in [2.05, 4.69) is 15.9 Å². The van der Waals surface area contributed by atoms with E-state index in [-0.39, 0.29) is 11.7 Å². The zero-order valence-corrected chi connectivity index (χ0v) is 12.5. The molecule has 19 heavy (non-hydrogen) atoms.